The summed E-state index contributed by atoms with van der Waals surface area (Å²) in [5.41, 5.74) is 0. The molecule has 2 aliphatic heterocycles. The first kappa shape index (κ1) is 12.0. The monoisotopic (exact) mass is 220 g/mol. The summed E-state index contributed by atoms with van der Waals surface area (Å²) in [6.07, 6.45) is 6.61. The van der Waals surface area contributed by atoms with E-state index in [2.05, 4.69) is 22.1 Å². The quantitative estimate of drug-likeness (QED) is 0.730. The standard InChI is InChI=1S/C14H24N2/c1-2-3-4-10-16-11-7-13(8-12-16)14-6-5-9-15-14/h13-15H,4-12H2,1H3. The number of piperidine rings is 1. The Balaban J connectivity index is 1.67. The zero-order valence-electron chi connectivity index (χ0n) is 10.5. The molecule has 2 nitrogen and oxygen atoms in total. The van der Waals surface area contributed by atoms with Crippen LogP contribution in [0.4, 0.5) is 0 Å². The van der Waals surface area contributed by atoms with E-state index >= 15 is 0 Å². The van der Waals surface area contributed by atoms with Crippen LogP contribution in [0.2, 0.25) is 0 Å². The van der Waals surface area contributed by atoms with Gasteiger partial charge in [0.05, 0.1) is 0 Å². The van der Waals surface area contributed by atoms with E-state index in [4.69, 9.17) is 0 Å². The molecule has 0 saturated carbocycles. The van der Waals surface area contributed by atoms with Crippen molar-refractivity contribution in [1.82, 2.24) is 10.2 Å². The molecular formula is C14H24N2. The molecule has 0 aromatic heterocycles. The highest BCUT2D eigenvalue weighted by molar-refractivity contribution is 4.95. The molecule has 2 heteroatoms. The van der Waals surface area contributed by atoms with Crippen LogP contribution in [0.15, 0.2) is 0 Å². The topological polar surface area (TPSA) is 15.3 Å². The smallest absolute Gasteiger partial charge is 0.0216 e. The summed E-state index contributed by atoms with van der Waals surface area (Å²) in [6.45, 7) is 6.92. The second-order valence-corrected chi connectivity index (χ2v) is 5.06. The van der Waals surface area contributed by atoms with Gasteiger partial charge in [-0.15, -0.1) is 11.8 Å². The average molecular weight is 220 g/mol. The number of hydrogen-bond donors (Lipinski definition) is 1. The van der Waals surface area contributed by atoms with Crippen molar-refractivity contribution in [3.63, 3.8) is 0 Å². The highest BCUT2D eigenvalue weighted by Crippen LogP contribution is 2.25. The maximum absolute atomic E-state index is 3.65. The van der Waals surface area contributed by atoms with Crippen molar-refractivity contribution in [2.24, 2.45) is 5.92 Å². The highest BCUT2D eigenvalue weighted by atomic mass is 15.1. The fourth-order valence-electron chi connectivity index (χ4n) is 3.03. The van der Waals surface area contributed by atoms with Crippen LogP contribution in [0.1, 0.15) is 39.0 Å². The van der Waals surface area contributed by atoms with Crippen molar-refractivity contribution in [3.05, 3.63) is 0 Å². The third-order valence-electron chi connectivity index (χ3n) is 4.03. The van der Waals surface area contributed by atoms with Crippen molar-refractivity contribution in [1.29, 1.82) is 0 Å². The van der Waals surface area contributed by atoms with Crippen molar-refractivity contribution >= 4 is 0 Å². The van der Waals surface area contributed by atoms with Gasteiger partial charge in [-0.05, 0) is 58.2 Å². The van der Waals surface area contributed by atoms with Gasteiger partial charge in [-0.2, -0.15) is 0 Å². The molecule has 2 fully saturated rings. The Morgan fingerprint density at radius 3 is 2.69 bits per heavy atom. The molecule has 0 aliphatic carbocycles. The van der Waals surface area contributed by atoms with Crippen molar-refractivity contribution in [2.75, 3.05) is 26.2 Å². The minimum absolute atomic E-state index is 0.831. The second-order valence-electron chi connectivity index (χ2n) is 5.06. The SMILES string of the molecule is CC#CCCN1CCC(C2CCCN2)CC1. The molecule has 0 spiro atoms. The maximum atomic E-state index is 3.65. The number of rotatable bonds is 3. The number of likely N-dealkylation sites (tertiary alicyclic amines) is 1. The molecule has 2 rings (SSSR count). The van der Waals surface area contributed by atoms with Gasteiger partial charge >= 0.3 is 0 Å². The lowest BCUT2D eigenvalue weighted by atomic mass is 9.88. The van der Waals surface area contributed by atoms with Crippen LogP contribution in [-0.4, -0.2) is 37.1 Å². The molecule has 0 amide bonds. The number of nitrogens with one attached hydrogen (secondary N) is 1. The van der Waals surface area contributed by atoms with Crippen molar-refractivity contribution in [2.45, 2.75) is 45.1 Å². The second kappa shape index (κ2) is 6.27. The molecule has 0 bridgehead atoms. The Hall–Kier alpha value is -0.520. The third kappa shape index (κ3) is 3.23. The van der Waals surface area contributed by atoms with E-state index in [0.29, 0.717) is 0 Å². The van der Waals surface area contributed by atoms with Crippen LogP contribution >= 0.6 is 0 Å². The Labute approximate surface area is 99.8 Å². The van der Waals surface area contributed by atoms with Gasteiger partial charge in [-0.3, -0.25) is 0 Å². The Bertz CT molecular complexity index is 250. The molecular weight excluding hydrogens is 196 g/mol. The number of hydrogen-bond acceptors (Lipinski definition) is 2. The lowest BCUT2D eigenvalue weighted by molar-refractivity contribution is 0.166. The van der Waals surface area contributed by atoms with Crippen LogP contribution < -0.4 is 5.32 Å². The van der Waals surface area contributed by atoms with Crippen molar-refractivity contribution in [3.8, 4) is 11.8 Å². The Morgan fingerprint density at radius 1 is 1.25 bits per heavy atom. The van der Waals surface area contributed by atoms with Gasteiger partial charge in [0, 0.05) is 19.0 Å². The van der Waals surface area contributed by atoms with Gasteiger partial charge in [0.25, 0.3) is 0 Å². The molecule has 1 atom stereocenters. The summed E-state index contributed by atoms with van der Waals surface area (Å²) < 4.78 is 0. The zero-order valence-corrected chi connectivity index (χ0v) is 10.5. The molecule has 2 aliphatic rings. The first-order chi connectivity index (χ1) is 7.90. The third-order valence-corrected chi connectivity index (χ3v) is 4.03. The van der Waals surface area contributed by atoms with Crippen molar-refractivity contribution < 1.29 is 0 Å². The molecule has 1 N–H and O–H groups in total. The molecule has 0 aromatic rings. The largest absolute Gasteiger partial charge is 0.314 e. The van der Waals surface area contributed by atoms with E-state index in [9.17, 15) is 0 Å². The van der Waals surface area contributed by atoms with Gasteiger partial charge in [-0.1, -0.05) is 0 Å². The van der Waals surface area contributed by atoms with Gasteiger partial charge in [-0.25, -0.2) is 0 Å². The van der Waals surface area contributed by atoms with E-state index in [0.717, 1.165) is 18.4 Å². The van der Waals surface area contributed by atoms with Crippen LogP contribution in [0.25, 0.3) is 0 Å². The fraction of sp³-hybridized carbons (Fsp3) is 0.857. The summed E-state index contributed by atoms with van der Waals surface area (Å²) in [5, 5.41) is 3.65. The van der Waals surface area contributed by atoms with Gasteiger partial charge in [0.1, 0.15) is 0 Å². The molecule has 16 heavy (non-hydrogen) atoms. The first-order valence-corrected chi connectivity index (χ1v) is 6.75. The van der Waals surface area contributed by atoms with Crippen LogP contribution in [0.3, 0.4) is 0 Å². The van der Waals surface area contributed by atoms with Gasteiger partial charge in [0.2, 0.25) is 0 Å². The van der Waals surface area contributed by atoms with E-state index < -0.39 is 0 Å². The van der Waals surface area contributed by atoms with Gasteiger partial charge in [0.15, 0.2) is 0 Å². The minimum atomic E-state index is 0.831. The lowest BCUT2D eigenvalue weighted by Crippen LogP contribution is -2.41. The maximum Gasteiger partial charge on any atom is 0.0216 e. The van der Waals surface area contributed by atoms with Crippen LogP contribution in [0, 0.1) is 17.8 Å². The fourth-order valence-corrected chi connectivity index (χ4v) is 3.03. The lowest BCUT2D eigenvalue weighted by Gasteiger charge is -2.34. The molecule has 90 valence electrons. The first-order valence-electron chi connectivity index (χ1n) is 6.75. The molecule has 2 saturated heterocycles. The minimum Gasteiger partial charge on any atom is -0.314 e. The summed E-state index contributed by atoms with van der Waals surface area (Å²) in [5.74, 6) is 7.07. The van der Waals surface area contributed by atoms with E-state index in [1.807, 2.05) is 6.92 Å². The number of nitrogens with zero attached hydrogens (tertiary/aromatic N) is 1. The molecule has 1 unspecified atom stereocenters. The van der Waals surface area contributed by atoms with E-state index in [-0.39, 0.29) is 0 Å². The summed E-state index contributed by atoms with van der Waals surface area (Å²) >= 11 is 0. The van der Waals surface area contributed by atoms with Crippen LogP contribution in [0.5, 0.6) is 0 Å². The Morgan fingerprint density at radius 2 is 2.06 bits per heavy atom. The highest BCUT2D eigenvalue weighted by Gasteiger charge is 2.27. The van der Waals surface area contributed by atoms with Crippen LogP contribution in [-0.2, 0) is 0 Å². The average Bonchev–Trinajstić information content (AvgIpc) is 2.84. The van der Waals surface area contributed by atoms with E-state index in [1.54, 1.807) is 0 Å². The normalized spacial score (nSPS) is 27.7. The zero-order chi connectivity index (χ0) is 11.2. The molecule has 2 heterocycles. The Kier molecular flexibility index (Phi) is 4.69. The van der Waals surface area contributed by atoms with Gasteiger partial charge < -0.3 is 10.2 Å². The predicted octanol–water partition coefficient (Wildman–Crippen LogP) is 1.86. The summed E-state index contributed by atoms with van der Waals surface area (Å²) in [4.78, 5) is 2.58. The molecule has 0 aromatic carbocycles. The summed E-state index contributed by atoms with van der Waals surface area (Å²) in [7, 11) is 0. The summed E-state index contributed by atoms with van der Waals surface area (Å²) in [6, 6.07) is 0.831. The molecule has 0 radical (unpaired) electrons. The van der Waals surface area contributed by atoms with E-state index in [1.165, 1.54) is 51.9 Å². The predicted molar refractivity (Wildman–Crippen MR) is 68.3 cm³/mol.